The van der Waals surface area contributed by atoms with E-state index in [0.717, 1.165) is 18.7 Å². The van der Waals surface area contributed by atoms with Gasteiger partial charge in [-0.05, 0) is 19.8 Å². The molecule has 1 saturated carbocycles. The minimum Gasteiger partial charge on any atom is -0.467 e. The Morgan fingerprint density at radius 3 is 2.70 bits per heavy atom. The summed E-state index contributed by atoms with van der Waals surface area (Å²) in [6.45, 7) is 1.90. The molecule has 1 amide bonds. The average Bonchev–Trinajstić information content (AvgIpc) is 3.25. The zero-order chi connectivity index (χ0) is 16.2. The molecule has 0 spiro atoms. The van der Waals surface area contributed by atoms with Gasteiger partial charge in [0.2, 0.25) is 0 Å². The van der Waals surface area contributed by atoms with Crippen molar-refractivity contribution in [2.75, 3.05) is 7.11 Å². The largest absolute Gasteiger partial charge is 0.467 e. The molecule has 1 N–H and O–H groups in total. The number of amides is 1. The number of carbonyl (C=O) groups excluding carboxylic acids is 1. The lowest BCUT2D eigenvalue weighted by molar-refractivity contribution is 0.0936. The van der Waals surface area contributed by atoms with E-state index < -0.39 is 0 Å². The molecule has 0 aliphatic heterocycles. The van der Waals surface area contributed by atoms with Gasteiger partial charge in [-0.2, -0.15) is 0 Å². The van der Waals surface area contributed by atoms with E-state index in [0.29, 0.717) is 11.6 Å². The number of hydrogen-bond acceptors (Lipinski definition) is 6. The van der Waals surface area contributed by atoms with Crippen LogP contribution in [-0.4, -0.2) is 37.7 Å². The smallest absolute Gasteiger partial charge is 0.316 e. The van der Waals surface area contributed by atoms with Crippen molar-refractivity contribution in [2.45, 2.75) is 44.7 Å². The second-order valence-corrected chi connectivity index (χ2v) is 5.69. The Kier molecular flexibility index (Phi) is 4.50. The Morgan fingerprint density at radius 1 is 1.35 bits per heavy atom. The maximum absolute atomic E-state index is 12.3. The van der Waals surface area contributed by atoms with E-state index in [1.165, 1.54) is 32.3 Å². The summed E-state index contributed by atoms with van der Waals surface area (Å²) in [7, 11) is 1.48. The minimum atomic E-state index is -0.249. The van der Waals surface area contributed by atoms with E-state index in [9.17, 15) is 4.79 Å². The van der Waals surface area contributed by atoms with Crippen molar-refractivity contribution in [3.05, 3.63) is 30.1 Å². The summed E-state index contributed by atoms with van der Waals surface area (Å²) in [6, 6.07) is 0.423. The van der Waals surface area contributed by atoms with Crippen molar-refractivity contribution in [3.8, 4) is 6.01 Å². The Labute approximate surface area is 134 Å². The Hall–Kier alpha value is -2.51. The molecular weight excluding hydrogens is 296 g/mol. The minimum absolute atomic E-state index is 0.232. The Bertz CT molecular complexity index is 663. The van der Waals surface area contributed by atoms with Gasteiger partial charge in [-0.15, -0.1) is 10.2 Å². The molecule has 0 aromatic carbocycles. The van der Waals surface area contributed by atoms with E-state index in [2.05, 4.69) is 30.0 Å². The van der Waals surface area contributed by atoms with Crippen LogP contribution >= 0.6 is 0 Å². The topological polar surface area (TPSA) is 94.8 Å². The van der Waals surface area contributed by atoms with Gasteiger partial charge < -0.3 is 14.6 Å². The molecule has 0 bridgehead atoms. The number of rotatable bonds is 5. The fourth-order valence-electron chi connectivity index (χ4n) is 2.91. The number of methoxy groups -OCH3 is 1. The molecule has 3 rings (SSSR count). The summed E-state index contributed by atoms with van der Waals surface area (Å²) >= 11 is 0. The standard InChI is InChI=1S/C15H20N6O2/c1-10(13-20-18-9-21(13)12-5-3-4-6-12)19-14(22)11-7-16-15(23-2)17-8-11/h7-10,12H,3-6H2,1-2H3,(H,19,22)/t10-/m0/s1. The van der Waals surface area contributed by atoms with Gasteiger partial charge in [0.25, 0.3) is 5.91 Å². The van der Waals surface area contributed by atoms with Crippen LogP contribution in [-0.2, 0) is 0 Å². The van der Waals surface area contributed by atoms with Crippen LogP contribution in [0.5, 0.6) is 6.01 Å². The molecule has 1 aliphatic carbocycles. The van der Waals surface area contributed by atoms with Crippen molar-refractivity contribution in [3.63, 3.8) is 0 Å². The van der Waals surface area contributed by atoms with E-state index in [1.54, 1.807) is 6.33 Å². The molecule has 1 atom stereocenters. The van der Waals surface area contributed by atoms with Gasteiger partial charge >= 0.3 is 6.01 Å². The fourth-order valence-corrected chi connectivity index (χ4v) is 2.91. The highest BCUT2D eigenvalue weighted by molar-refractivity contribution is 5.93. The first-order chi connectivity index (χ1) is 11.2. The predicted octanol–water partition coefficient (Wildman–Crippen LogP) is 1.68. The Balaban J connectivity index is 1.69. The van der Waals surface area contributed by atoms with E-state index in [1.807, 2.05) is 6.92 Å². The third-order valence-electron chi connectivity index (χ3n) is 4.13. The van der Waals surface area contributed by atoms with Crippen molar-refractivity contribution >= 4 is 5.91 Å². The van der Waals surface area contributed by atoms with Crippen LogP contribution < -0.4 is 10.1 Å². The maximum atomic E-state index is 12.3. The number of carbonyl (C=O) groups is 1. The van der Waals surface area contributed by atoms with Crippen LogP contribution in [0.3, 0.4) is 0 Å². The molecule has 122 valence electrons. The van der Waals surface area contributed by atoms with Crippen molar-refractivity contribution in [1.82, 2.24) is 30.0 Å². The second-order valence-electron chi connectivity index (χ2n) is 5.69. The van der Waals surface area contributed by atoms with Crippen LogP contribution in [0.25, 0.3) is 0 Å². The summed E-state index contributed by atoms with van der Waals surface area (Å²) in [5.74, 6) is 0.529. The Morgan fingerprint density at radius 2 is 2.04 bits per heavy atom. The van der Waals surface area contributed by atoms with Crippen LogP contribution in [0.15, 0.2) is 18.7 Å². The first-order valence-electron chi connectivity index (χ1n) is 7.75. The lowest BCUT2D eigenvalue weighted by Crippen LogP contribution is -2.29. The monoisotopic (exact) mass is 316 g/mol. The van der Waals surface area contributed by atoms with Gasteiger partial charge in [-0.1, -0.05) is 12.8 Å². The fraction of sp³-hybridized carbons (Fsp3) is 0.533. The van der Waals surface area contributed by atoms with E-state index in [-0.39, 0.29) is 18.0 Å². The summed E-state index contributed by atoms with van der Waals surface area (Å²) in [5, 5.41) is 11.1. The molecule has 8 heteroatoms. The number of aromatic nitrogens is 5. The normalized spacial score (nSPS) is 16.3. The molecular formula is C15H20N6O2. The predicted molar refractivity (Wildman–Crippen MR) is 82.0 cm³/mol. The van der Waals surface area contributed by atoms with Crippen molar-refractivity contribution in [1.29, 1.82) is 0 Å². The van der Waals surface area contributed by atoms with Crippen molar-refractivity contribution < 1.29 is 9.53 Å². The number of nitrogens with zero attached hydrogens (tertiary/aromatic N) is 5. The van der Waals surface area contributed by atoms with Gasteiger partial charge in [0.05, 0.1) is 18.7 Å². The van der Waals surface area contributed by atoms with Crippen LogP contribution in [0.2, 0.25) is 0 Å². The molecule has 23 heavy (non-hydrogen) atoms. The third-order valence-corrected chi connectivity index (χ3v) is 4.13. The molecule has 8 nitrogen and oxygen atoms in total. The lowest BCUT2D eigenvalue weighted by atomic mass is 10.2. The van der Waals surface area contributed by atoms with Gasteiger partial charge in [0, 0.05) is 18.4 Å². The maximum Gasteiger partial charge on any atom is 0.316 e. The first kappa shape index (κ1) is 15.4. The average molecular weight is 316 g/mol. The molecule has 2 heterocycles. The highest BCUT2D eigenvalue weighted by Crippen LogP contribution is 2.31. The number of ether oxygens (including phenoxy) is 1. The quantitative estimate of drug-likeness (QED) is 0.902. The number of hydrogen-bond donors (Lipinski definition) is 1. The zero-order valence-electron chi connectivity index (χ0n) is 13.3. The van der Waals surface area contributed by atoms with Crippen LogP contribution in [0.4, 0.5) is 0 Å². The van der Waals surface area contributed by atoms with Gasteiger partial charge in [-0.25, -0.2) is 9.97 Å². The van der Waals surface area contributed by atoms with E-state index in [4.69, 9.17) is 4.74 Å². The molecule has 2 aromatic heterocycles. The second kappa shape index (κ2) is 6.72. The first-order valence-corrected chi connectivity index (χ1v) is 7.75. The summed E-state index contributed by atoms with van der Waals surface area (Å²) < 4.78 is 6.97. The molecule has 1 aliphatic rings. The highest BCUT2D eigenvalue weighted by Gasteiger charge is 2.23. The SMILES string of the molecule is COc1ncc(C(=O)N[C@@H](C)c2nncn2C2CCCC2)cn1. The molecule has 2 aromatic rings. The zero-order valence-corrected chi connectivity index (χ0v) is 13.3. The third kappa shape index (κ3) is 3.30. The highest BCUT2D eigenvalue weighted by atomic mass is 16.5. The van der Waals surface area contributed by atoms with Gasteiger partial charge in [0.15, 0.2) is 5.82 Å². The van der Waals surface area contributed by atoms with E-state index >= 15 is 0 Å². The van der Waals surface area contributed by atoms with Crippen LogP contribution in [0.1, 0.15) is 60.9 Å². The van der Waals surface area contributed by atoms with Gasteiger partial charge in [0.1, 0.15) is 6.33 Å². The summed E-state index contributed by atoms with van der Waals surface area (Å²) in [6.07, 6.45) is 9.37. The van der Waals surface area contributed by atoms with Crippen molar-refractivity contribution in [2.24, 2.45) is 0 Å². The number of nitrogens with one attached hydrogen (secondary N) is 1. The summed E-state index contributed by atoms with van der Waals surface area (Å²) in [4.78, 5) is 20.2. The van der Waals surface area contributed by atoms with Crippen LogP contribution in [0, 0.1) is 0 Å². The molecule has 0 unspecified atom stereocenters. The molecule has 0 saturated heterocycles. The lowest BCUT2D eigenvalue weighted by Gasteiger charge is -2.18. The summed E-state index contributed by atoms with van der Waals surface area (Å²) in [5.41, 5.74) is 0.379. The van der Waals surface area contributed by atoms with Gasteiger partial charge in [-0.3, -0.25) is 4.79 Å². The molecule has 0 radical (unpaired) electrons. The molecule has 1 fully saturated rings.